The Bertz CT molecular complexity index is 506. The number of nitrogens with one attached hydrogen (secondary N) is 1. The van der Waals surface area contributed by atoms with Gasteiger partial charge in [0.25, 0.3) is 0 Å². The molecule has 0 unspecified atom stereocenters. The van der Waals surface area contributed by atoms with Gasteiger partial charge in [-0.05, 0) is 19.1 Å². The van der Waals surface area contributed by atoms with Crippen molar-refractivity contribution in [1.82, 2.24) is 4.98 Å². The predicted molar refractivity (Wildman–Crippen MR) is 79.3 cm³/mol. The Morgan fingerprint density at radius 3 is 2.39 bits per heavy atom. The zero-order chi connectivity index (χ0) is 13.2. The second-order valence-electron chi connectivity index (χ2n) is 5.60. The molecular formula is C15H20N2S. The molecule has 0 atom stereocenters. The molecule has 0 saturated carbocycles. The summed E-state index contributed by atoms with van der Waals surface area (Å²) in [6.45, 7) is 9.47. The fourth-order valence-electron chi connectivity index (χ4n) is 1.59. The van der Waals surface area contributed by atoms with Gasteiger partial charge >= 0.3 is 0 Å². The quantitative estimate of drug-likeness (QED) is 0.887. The molecule has 2 aromatic rings. The maximum absolute atomic E-state index is 4.67. The maximum atomic E-state index is 4.67. The van der Waals surface area contributed by atoms with E-state index in [1.165, 1.54) is 11.3 Å². The normalized spacial score (nSPS) is 11.6. The minimum absolute atomic E-state index is 0.138. The summed E-state index contributed by atoms with van der Waals surface area (Å²) >= 11 is 1.73. The smallest absolute Gasteiger partial charge is 0.112 e. The average molecular weight is 260 g/mol. The summed E-state index contributed by atoms with van der Waals surface area (Å²) in [5.41, 5.74) is 3.74. The lowest BCUT2D eigenvalue weighted by Gasteiger charge is -2.14. The van der Waals surface area contributed by atoms with Crippen molar-refractivity contribution in [2.45, 2.75) is 39.7 Å². The molecule has 0 spiro atoms. The molecule has 0 aliphatic carbocycles. The molecular weight excluding hydrogens is 240 g/mol. The molecule has 0 radical (unpaired) electrons. The summed E-state index contributed by atoms with van der Waals surface area (Å²) in [4.78, 5) is 4.67. The standard InChI is InChI=1S/C15H20N2S/c1-11-5-7-12(8-6-11)16-9-14-17-13(10-18-14)15(2,3)4/h5-8,10,16H,9H2,1-4H3. The monoisotopic (exact) mass is 260 g/mol. The highest BCUT2D eigenvalue weighted by molar-refractivity contribution is 7.09. The van der Waals surface area contributed by atoms with Gasteiger partial charge in [0.1, 0.15) is 5.01 Å². The van der Waals surface area contributed by atoms with Crippen LogP contribution in [0.3, 0.4) is 0 Å². The highest BCUT2D eigenvalue weighted by Crippen LogP contribution is 2.24. The number of nitrogens with zero attached hydrogens (tertiary/aromatic N) is 1. The van der Waals surface area contributed by atoms with Crippen LogP contribution in [-0.4, -0.2) is 4.98 Å². The Morgan fingerprint density at radius 2 is 1.83 bits per heavy atom. The van der Waals surface area contributed by atoms with Gasteiger partial charge in [-0.3, -0.25) is 0 Å². The van der Waals surface area contributed by atoms with Gasteiger partial charge in [0, 0.05) is 16.5 Å². The molecule has 2 nitrogen and oxygen atoms in total. The van der Waals surface area contributed by atoms with Gasteiger partial charge in [0.15, 0.2) is 0 Å². The van der Waals surface area contributed by atoms with Crippen molar-refractivity contribution in [3.63, 3.8) is 0 Å². The van der Waals surface area contributed by atoms with E-state index in [9.17, 15) is 0 Å². The topological polar surface area (TPSA) is 24.9 Å². The minimum atomic E-state index is 0.138. The number of thiazole rings is 1. The van der Waals surface area contributed by atoms with Gasteiger partial charge in [0.2, 0.25) is 0 Å². The fraction of sp³-hybridized carbons (Fsp3) is 0.400. The lowest BCUT2D eigenvalue weighted by atomic mass is 9.93. The third kappa shape index (κ3) is 3.33. The van der Waals surface area contributed by atoms with E-state index in [2.05, 4.69) is 67.6 Å². The van der Waals surface area contributed by atoms with Crippen molar-refractivity contribution < 1.29 is 0 Å². The molecule has 1 heterocycles. The van der Waals surface area contributed by atoms with Gasteiger partial charge in [-0.1, -0.05) is 38.5 Å². The van der Waals surface area contributed by atoms with Crippen LogP contribution in [0.4, 0.5) is 5.69 Å². The van der Waals surface area contributed by atoms with Crippen molar-refractivity contribution in [3.8, 4) is 0 Å². The van der Waals surface area contributed by atoms with Gasteiger partial charge in [-0.2, -0.15) is 0 Å². The summed E-state index contributed by atoms with van der Waals surface area (Å²) in [5, 5.41) is 6.70. The molecule has 0 amide bonds. The van der Waals surface area contributed by atoms with E-state index in [0.717, 1.165) is 17.2 Å². The van der Waals surface area contributed by atoms with Gasteiger partial charge < -0.3 is 5.32 Å². The predicted octanol–water partition coefficient (Wildman–Crippen LogP) is 4.36. The molecule has 1 aromatic carbocycles. The van der Waals surface area contributed by atoms with Crippen molar-refractivity contribution >= 4 is 17.0 Å². The van der Waals surface area contributed by atoms with Gasteiger partial charge in [0.05, 0.1) is 12.2 Å². The highest BCUT2D eigenvalue weighted by Gasteiger charge is 2.17. The largest absolute Gasteiger partial charge is 0.379 e. The summed E-state index contributed by atoms with van der Waals surface area (Å²) < 4.78 is 0. The van der Waals surface area contributed by atoms with E-state index in [-0.39, 0.29) is 5.41 Å². The first-order valence-electron chi connectivity index (χ1n) is 6.20. The first kappa shape index (κ1) is 13.1. The number of aryl methyl sites for hydroxylation is 1. The van der Waals surface area contributed by atoms with Gasteiger partial charge in [-0.25, -0.2) is 4.98 Å². The number of anilines is 1. The lowest BCUT2D eigenvalue weighted by molar-refractivity contribution is 0.571. The highest BCUT2D eigenvalue weighted by atomic mass is 32.1. The number of hydrogen-bond donors (Lipinski definition) is 1. The average Bonchev–Trinajstić information content (AvgIpc) is 2.77. The van der Waals surface area contributed by atoms with Crippen LogP contribution in [0.2, 0.25) is 0 Å². The fourth-order valence-corrected chi connectivity index (χ4v) is 2.55. The molecule has 18 heavy (non-hydrogen) atoms. The van der Waals surface area contributed by atoms with Crippen LogP contribution in [0.15, 0.2) is 29.6 Å². The Balaban J connectivity index is 1.98. The maximum Gasteiger partial charge on any atom is 0.112 e. The van der Waals surface area contributed by atoms with Crippen LogP contribution < -0.4 is 5.32 Å². The minimum Gasteiger partial charge on any atom is -0.379 e. The van der Waals surface area contributed by atoms with Crippen molar-refractivity contribution in [2.75, 3.05) is 5.32 Å². The van der Waals surface area contributed by atoms with Crippen LogP contribution in [0.5, 0.6) is 0 Å². The number of rotatable bonds is 3. The molecule has 0 aliphatic heterocycles. The van der Waals surface area contributed by atoms with Crippen LogP contribution in [0, 0.1) is 6.92 Å². The third-order valence-electron chi connectivity index (χ3n) is 2.82. The van der Waals surface area contributed by atoms with E-state index in [4.69, 9.17) is 0 Å². The molecule has 3 heteroatoms. The molecule has 0 aliphatic rings. The Kier molecular flexibility index (Phi) is 3.71. The molecule has 1 aromatic heterocycles. The summed E-state index contributed by atoms with van der Waals surface area (Å²) in [5.74, 6) is 0. The van der Waals surface area contributed by atoms with Crippen molar-refractivity contribution in [1.29, 1.82) is 0 Å². The molecule has 0 bridgehead atoms. The zero-order valence-electron chi connectivity index (χ0n) is 11.4. The van der Waals surface area contributed by atoms with E-state index < -0.39 is 0 Å². The Hall–Kier alpha value is -1.35. The molecule has 0 saturated heterocycles. The Morgan fingerprint density at radius 1 is 1.17 bits per heavy atom. The molecule has 96 valence electrons. The number of benzene rings is 1. The van der Waals surface area contributed by atoms with E-state index in [1.807, 2.05) is 0 Å². The summed E-state index contributed by atoms with van der Waals surface area (Å²) in [6.07, 6.45) is 0. The number of hydrogen-bond acceptors (Lipinski definition) is 3. The molecule has 2 rings (SSSR count). The van der Waals surface area contributed by atoms with Crippen LogP contribution >= 0.6 is 11.3 Å². The van der Waals surface area contributed by atoms with Gasteiger partial charge in [-0.15, -0.1) is 11.3 Å². The van der Waals surface area contributed by atoms with Crippen molar-refractivity contribution in [3.05, 3.63) is 45.9 Å². The molecule has 1 N–H and O–H groups in total. The second-order valence-corrected chi connectivity index (χ2v) is 6.54. The summed E-state index contributed by atoms with van der Waals surface area (Å²) in [6, 6.07) is 8.44. The van der Waals surface area contributed by atoms with Crippen LogP contribution in [0.1, 0.15) is 37.0 Å². The lowest BCUT2D eigenvalue weighted by Crippen LogP contribution is -2.11. The van der Waals surface area contributed by atoms with E-state index >= 15 is 0 Å². The van der Waals surface area contributed by atoms with Crippen LogP contribution in [0.25, 0.3) is 0 Å². The summed E-state index contributed by atoms with van der Waals surface area (Å²) in [7, 11) is 0. The van der Waals surface area contributed by atoms with E-state index in [0.29, 0.717) is 0 Å². The zero-order valence-corrected chi connectivity index (χ0v) is 12.3. The first-order chi connectivity index (χ1) is 8.45. The second kappa shape index (κ2) is 5.11. The molecule has 0 fully saturated rings. The SMILES string of the molecule is Cc1ccc(NCc2nc(C(C)(C)C)cs2)cc1. The first-order valence-corrected chi connectivity index (χ1v) is 7.08. The third-order valence-corrected chi connectivity index (χ3v) is 3.66. The van der Waals surface area contributed by atoms with Crippen molar-refractivity contribution in [2.24, 2.45) is 0 Å². The number of aromatic nitrogens is 1. The van der Waals surface area contributed by atoms with E-state index in [1.54, 1.807) is 11.3 Å². The Labute approximate surface area is 113 Å². The van der Waals surface area contributed by atoms with Crippen LogP contribution in [-0.2, 0) is 12.0 Å².